The number of amides is 1. The molecule has 0 spiro atoms. The molecule has 1 amide bonds. The molecule has 3 aromatic rings. The van der Waals surface area contributed by atoms with E-state index in [9.17, 15) is 4.79 Å². The van der Waals surface area contributed by atoms with Crippen LogP contribution in [0.3, 0.4) is 0 Å². The lowest BCUT2D eigenvalue weighted by Gasteiger charge is -2.10. The summed E-state index contributed by atoms with van der Waals surface area (Å²) in [5, 5.41) is 12.2. The maximum Gasteiger partial charge on any atom is 0.234 e. The molecule has 4 rings (SSSR count). The van der Waals surface area contributed by atoms with Gasteiger partial charge in [0.15, 0.2) is 22.5 Å². The minimum absolute atomic E-state index is 0.0940. The van der Waals surface area contributed by atoms with Crippen LogP contribution in [0.25, 0.3) is 11.4 Å². The number of aromatic nitrogens is 4. The maximum absolute atomic E-state index is 12.4. The van der Waals surface area contributed by atoms with Gasteiger partial charge < -0.3 is 19.4 Å². The molecule has 0 atom stereocenters. The van der Waals surface area contributed by atoms with Crippen LogP contribution in [0.5, 0.6) is 11.5 Å². The second kappa shape index (κ2) is 8.74. The molecule has 1 aliphatic heterocycles. The minimum atomic E-state index is -0.0940. The highest BCUT2D eigenvalue weighted by Crippen LogP contribution is 2.40. The number of rotatable bonds is 7. The summed E-state index contributed by atoms with van der Waals surface area (Å²) in [6, 6.07) is 7.92. The number of thioether (sulfide) groups is 1. The van der Waals surface area contributed by atoms with Gasteiger partial charge in [-0.2, -0.15) is 0 Å². The van der Waals surface area contributed by atoms with E-state index in [0.717, 1.165) is 11.3 Å². The Kier molecular flexibility index (Phi) is 5.89. The number of carbonyl (C=O) groups is 1. The van der Waals surface area contributed by atoms with E-state index in [1.165, 1.54) is 17.3 Å². The molecule has 0 aliphatic carbocycles. The van der Waals surface area contributed by atoms with Gasteiger partial charge in [0, 0.05) is 18.4 Å². The van der Waals surface area contributed by atoms with Crippen molar-refractivity contribution in [1.82, 2.24) is 19.7 Å². The fourth-order valence-electron chi connectivity index (χ4n) is 3.15. The first-order chi connectivity index (χ1) is 14.6. The SMILES string of the molecule is CCn1c(SCC(=O)Nc2ccc(C(C)C)cc2)nnc1-c1cncc2c1OCO2. The summed E-state index contributed by atoms with van der Waals surface area (Å²) in [4.78, 5) is 16.6. The quantitative estimate of drug-likeness (QED) is 0.573. The number of nitrogens with zero attached hydrogens (tertiary/aromatic N) is 4. The average molecular weight is 426 g/mol. The minimum Gasteiger partial charge on any atom is -0.453 e. The highest BCUT2D eigenvalue weighted by molar-refractivity contribution is 7.99. The molecule has 0 saturated carbocycles. The van der Waals surface area contributed by atoms with E-state index in [1.54, 1.807) is 12.4 Å². The number of pyridine rings is 1. The van der Waals surface area contributed by atoms with E-state index in [4.69, 9.17) is 9.47 Å². The molecule has 156 valence electrons. The summed E-state index contributed by atoms with van der Waals surface area (Å²) in [6.07, 6.45) is 3.30. The van der Waals surface area contributed by atoms with Crippen molar-refractivity contribution in [3.63, 3.8) is 0 Å². The predicted molar refractivity (Wildman–Crippen MR) is 115 cm³/mol. The molecule has 1 N–H and O–H groups in total. The summed E-state index contributed by atoms with van der Waals surface area (Å²) < 4.78 is 12.9. The summed E-state index contributed by atoms with van der Waals surface area (Å²) in [6.45, 7) is 7.09. The van der Waals surface area contributed by atoms with Gasteiger partial charge in [-0.15, -0.1) is 10.2 Å². The van der Waals surface area contributed by atoms with E-state index in [-0.39, 0.29) is 18.5 Å². The van der Waals surface area contributed by atoms with Gasteiger partial charge in [0.25, 0.3) is 0 Å². The molecular formula is C21H23N5O3S. The van der Waals surface area contributed by atoms with Crippen molar-refractivity contribution in [2.24, 2.45) is 0 Å². The fraction of sp³-hybridized carbons (Fsp3) is 0.333. The number of benzene rings is 1. The van der Waals surface area contributed by atoms with Crippen molar-refractivity contribution < 1.29 is 14.3 Å². The Morgan fingerprint density at radius 1 is 1.20 bits per heavy atom. The summed E-state index contributed by atoms with van der Waals surface area (Å²) in [5.41, 5.74) is 2.74. The highest BCUT2D eigenvalue weighted by atomic mass is 32.2. The number of hydrogen-bond acceptors (Lipinski definition) is 7. The predicted octanol–water partition coefficient (Wildman–Crippen LogP) is 3.94. The number of nitrogens with one attached hydrogen (secondary N) is 1. The van der Waals surface area contributed by atoms with Crippen molar-refractivity contribution >= 4 is 23.4 Å². The van der Waals surface area contributed by atoms with Crippen LogP contribution in [0.15, 0.2) is 41.8 Å². The Hall–Kier alpha value is -3.07. The van der Waals surface area contributed by atoms with E-state index < -0.39 is 0 Å². The average Bonchev–Trinajstić information content (AvgIpc) is 3.39. The zero-order valence-corrected chi connectivity index (χ0v) is 17.9. The van der Waals surface area contributed by atoms with Gasteiger partial charge in [-0.05, 0) is 30.5 Å². The van der Waals surface area contributed by atoms with Crippen LogP contribution in [-0.4, -0.2) is 38.2 Å². The Balaban J connectivity index is 1.44. The van der Waals surface area contributed by atoms with Crippen LogP contribution in [-0.2, 0) is 11.3 Å². The van der Waals surface area contributed by atoms with Gasteiger partial charge in [-0.1, -0.05) is 37.7 Å². The van der Waals surface area contributed by atoms with Gasteiger partial charge in [0.2, 0.25) is 12.7 Å². The number of fused-ring (bicyclic) bond motifs is 1. The van der Waals surface area contributed by atoms with Gasteiger partial charge in [-0.3, -0.25) is 9.78 Å². The van der Waals surface area contributed by atoms with Crippen LogP contribution in [0.4, 0.5) is 5.69 Å². The van der Waals surface area contributed by atoms with Crippen molar-refractivity contribution in [2.75, 3.05) is 17.9 Å². The van der Waals surface area contributed by atoms with Gasteiger partial charge in [-0.25, -0.2) is 0 Å². The van der Waals surface area contributed by atoms with Crippen molar-refractivity contribution in [1.29, 1.82) is 0 Å². The fourth-order valence-corrected chi connectivity index (χ4v) is 3.95. The molecule has 0 fully saturated rings. The van der Waals surface area contributed by atoms with Crippen LogP contribution >= 0.6 is 11.8 Å². The van der Waals surface area contributed by atoms with E-state index >= 15 is 0 Å². The smallest absolute Gasteiger partial charge is 0.234 e. The zero-order chi connectivity index (χ0) is 21.1. The number of ether oxygens (including phenoxy) is 2. The Bertz CT molecular complexity index is 1050. The van der Waals surface area contributed by atoms with Gasteiger partial charge in [0.1, 0.15) is 0 Å². The summed E-state index contributed by atoms with van der Waals surface area (Å²) in [7, 11) is 0. The molecule has 0 saturated heterocycles. The second-order valence-electron chi connectivity index (χ2n) is 7.08. The molecule has 0 unspecified atom stereocenters. The molecule has 30 heavy (non-hydrogen) atoms. The van der Waals surface area contributed by atoms with Crippen molar-refractivity contribution in [2.45, 2.75) is 38.4 Å². The van der Waals surface area contributed by atoms with Gasteiger partial charge in [0.05, 0.1) is 17.5 Å². The Labute approximate surface area is 179 Å². The van der Waals surface area contributed by atoms with Gasteiger partial charge >= 0.3 is 0 Å². The molecule has 3 heterocycles. The van der Waals surface area contributed by atoms with Crippen LogP contribution < -0.4 is 14.8 Å². The monoisotopic (exact) mass is 425 g/mol. The largest absolute Gasteiger partial charge is 0.453 e. The lowest BCUT2D eigenvalue weighted by molar-refractivity contribution is -0.113. The zero-order valence-electron chi connectivity index (χ0n) is 17.1. The van der Waals surface area contributed by atoms with Crippen LogP contribution in [0.2, 0.25) is 0 Å². The highest BCUT2D eigenvalue weighted by Gasteiger charge is 2.24. The standard InChI is InChI=1S/C21H23N5O3S/c1-4-26-20(16-9-22-10-17-19(16)29-12-28-17)24-25-21(26)30-11-18(27)23-15-7-5-14(6-8-15)13(2)3/h5-10,13H,4,11-12H2,1-3H3,(H,23,27). The molecule has 2 aromatic heterocycles. The molecule has 9 heteroatoms. The van der Waals surface area contributed by atoms with E-state index in [0.29, 0.717) is 34.9 Å². The molecule has 0 bridgehead atoms. The third kappa shape index (κ3) is 4.11. The maximum atomic E-state index is 12.4. The number of hydrogen-bond donors (Lipinski definition) is 1. The van der Waals surface area contributed by atoms with E-state index in [2.05, 4.69) is 34.3 Å². The number of anilines is 1. The third-order valence-corrected chi connectivity index (χ3v) is 5.72. The first-order valence-electron chi connectivity index (χ1n) is 9.76. The van der Waals surface area contributed by atoms with E-state index in [1.807, 2.05) is 35.8 Å². The van der Waals surface area contributed by atoms with Crippen LogP contribution in [0.1, 0.15) is 32.3 Å². The Morgan fingerprint density at radius 2 is 2.00 bits per heavy atom. The van der Waals surface area contributed by atoms with Crippen molar-refractivity contribution in [3.05, 3.63) is 42.2 Å². The van der Waals surface area contributed by atoms with Crippen molar-refractivity contribution in [3.8, 4) is 22.9 Å². The molecule has 0 radical (unpaired) electrons. The molecule has 1 aliphatic rings. The second-order valence-corrected chi connectivity index (χ2v) is 8.03. The lowest BCUT2D eigenvalue weighted by Crippen LogP contribution is -2.14. The Morgan fingerprint density at radius 3 is 2.73 bits per heavy atom. The lowest BCUT2D eigenvalue weighted by atomic mass is 10.0. The first kappa shape index (κ1) is 20.2. The first-order valence-corrected chi connectivity index (χ1v) is 10.7. The third-order valence-electron chi connectivity index (χ3n) is 4.75. The number of carbonyl (C=O) groups excluding carboxylic acids is 1. The van der Waals surface area contributed by atoms with Crippen LogP contribution in [0, 0.1) is 0 Å². The molecule has 8 nitrogen and oxygen atoms in total. The summed E-state index contributed by atoms with van der Waals surface area (Å²) >= 11 is 1.34. The normalized spacial score (nSPS) is 12.4. The molecule has 1 aromatic carbocycles. The summed E-state index contributed by atoms with van der Waals surface area (Å²) in [5.74, 6) is 2.44. The topological polar surface area (TPSA) is 91.2 Å². The molecular weight excluding hydrogens is 402 g/mol.